The van der Waals surface area contributed by atoms with E-state index in [9.17, 15) is 0 Å². The Hall–Kier alpha value is -1.77. The van der Waals surface area contributed by atoms with Gasteiger partial charge in [0.1, 0.15) is 0 Å². The molecule has 1 aliphatic carbocycles. The summed E-state index contributed by atoms with van der Waals surface area (Å²) in [5.74, 6) is 1.48. The second kappa shape index (κ2) is 4.97. The molecule has 1 fully saturated rings. The van der Waals surface area contributed by atoms with Crippen molar-refractivity contribution in [1.82, 2.24) is 5.16 Å². The maximum atomic E-state index is 6.07. The molecule has 0 bridgehead atoms. The Morgan fingerprint density at radius 2 is 1.75 bits per heavy atom. The van der Waals surface area contributed by atoms with Gasteiger partial charge in [-0.15, -0.1) is 0 Å². The van der Waals surface area contributed by atoms with Crippen molar-refractivity contribution in [3.05, 3.63) is 35.6 Å². The topological polar surface area (TPSA) is 52.0 Å². The zero-order valence-corrected chi connectivity index (χ0v) is 12.3. The van der Waals surface area contributed by atoms with Crippen molar-refractivity contribution >= 4 is 5.82 Å². The third-order valence-electron chi connectivity index (χ3n) is 4.56. The van der Waals surface area contributed by atoms with E-state index in [0.717, 1.165) is 29.7 Å². The Morgan fingerprint density at radius 3 is 2.40 bits per heavy atom. The maximum absolute atomic E-state index is 6.07. The lowest BCUT2D eigenvalue weighted by atomic mass is 9.72. The van der Waals surface area contributed by atoms with Gasteiger partial charge >= 0.3 is 0 Å². The molecule has 1 aliphatic rings. The molecule has 2 aromatic rings. The van der Waals surface area contributed by atoms with Crippen LogP contribution in [0, 0.1) is 6.92 Å². The molecule has 3 rings (SSSR count). The van der Waals surface area contributed by atoms with Gasteiger partial charge in [0.2, 0.25) is 0 Å². The predicted octanol–water partition coefficient (Wildman–Crippen LogP) is 4.45. The van der Waals surface area contributed by atoms with Crippen molar-refractivity contribution in [3.8, 4) is 11.1 Å². The van der Waals surface area contributed by atoms with Crippen LogP contribution in [-0.4, -0.2) is 5.16 Å². The molecule has 0 saturated heterocycles. The summed E-state index contributed by atoms with van der Waals surface area (Å²) >= 11 is 0. The number of nitrogens with two attached hydrogens (primary N) is 1. The summed E-state index contributed by atoms with van der Waals surface area (Å²) in [7, 11) is 0. The first-order valence-corrected chi connectivity index (χ1v) is 7.43. The first-order chi connectivity index (χ1) is 9.60. The highest BCUT2D eigenvalue weighted by atomic mass is 16.5. The zero-order chi connectivity index (χ0) is 14.2. The van der Waals surface area contributed by atoms with Crippen LogP contribution < -0.4 is 5.73 Å². The fourth-order valence-corrected chi connectivity index (χ4v) is 3.27. The second-order valence-corrected chi connectivity index (χ2v) is 6.26. The first kappa shape index (κ1) is 13.2. The largest absolute Gasteiger partial charge is 0.380 e. The lowest BCUT2D eigenvalue weighted by Gasteiger charge is -2.31. The van der Waals surface area contributed by atoms with Crippen molar-refractivity contribution in [2.24, 2.45) is 0 Å². The van der Waals surface area contributed by atoms with Gasteiger partial charge in [0.25, 0.3) is 0 Å². The maximum Gasteiger partial charge on any atom is 0.175 e. The summed E-state index contributed by atoms with van der Waals surface area (Å²) in [5.41, 5.74) is 9.49. The molecule has 3 heteroatoms. The van der Waals surface area contributed by atoms with E-state index in [0.29, 0.717) is 5.82 Å². The third kappa shape index (κ3) is 2.21. The highest BCUT2D eigenvalue weighted by Crippen LogP contribution is 2.45. The van der Waals surface area contributed by atoms with Crippen molar-refractivity contribution in [1.29, 1.82) is 0 Å². The van der Waals surface area contributed by atoms with E-state index in [4.69, 9.17) is 10.3 Å². The fourth-order valence-electron chi connectivity index (χ4n) is 3.27. The zero-order valence-electron chi connectivity index (χ0n) is 12.3. The number of aryl methyl sites for hydroxylation is 1. The van der Waals surface area contributed by atoms with Crippen molar-refractivity contribution in [3.63, 3.8) is 0 Å². The van der Waals surface area contributed by atoms with E-state index in [1.54, 1.807) is 0 Å². The van der Waals surface area contributed by atoms with E-state index in [1.165, 1.54) is 24.8 Å². The van der Waals surface area contributed by atoms with Crippen LogP contribution in [0.5, 0.6) is 0 Å². The first-order valence-electron chi connectivity index (χ1n) is 7.43. The van der Waals surface area contributed by atoms with Gasteiger partial charge in [-0.25, -0.2) is 0 Å². The lowest BCUT2D eigenvalue weighted by Crippen LogP contribution is -2.25. The molecule has 0 spiro atoms. The van der Waals surface area contributed by atoms with Crippen molar-refractivity contribution < 1.29 is 4.52 Å². The van der Waals surface area contributed by atoms with Gasteiger partial charge in [0, 0.05) is 5.41 Å². The number of nitrogens with zero attached hydrogens (tertiary/aromatic N) is 1. The minimum Gasteiger partial charge on any atom is -0.380 e. The smallest absolute Gasteiger partial charge is 0.175 e. The number of aromatic nitrogens is 1. The van der Waals surface area contributed by atoms with Crippen LogP contribution in [0.15, 0.2) is 28.8 Å². The van der Waals surface area contributed by atoms with Crippen molar-refractivity contribution in [2.75, 3.05) is 5.73 Å². The Bertz CT molecular complexity index is 592. The Kier molecular flexibility index (Phi) is 3.28. The quantitative estimate of drug-likeness (QED) is 0.876. The van der Waals surface area contributed by atoms with Crippen LogP contribution in [-0.2, 0) is 5.41 Å². The molecule has 2 N–H and O–H groups in total. The fraction of sp³-hybridized carbons (Fsp3) is 0.471. The molecule has 1 heterocycles. The molecule has 0 atom stereocenters. The van der Waals surface area contributed by atoms with Crippen LogP contribution >= 0.6 is 0 Å². The van der Waals surface area contributed by atoms with Gasteiger partial charge < -0.3 is 10.3 Å². The monoisotopic (exact) mass is 270 g/mol. The van der Waals surface area contributed by atoms with Crippen LogP contribution in [0.25, 0.3) is 11.1 Å². The molecule has 1 aromatic carbocycles. The Morgan fingerprint density at radius 1 is 1.10 bits per heavy atom. The van der Waals surface area contributed by atoms with Gasteiger partial charge in [-0.3, -0.25) is 0 Å². The highest BCUT2D eigenvalue weighted by Gasteiger charge is 2.36. The SMILES string of the molecule is Cc1ccc(-c2c(N)noc2C2(C)CCCCC2)cc1. The summed E-state index contributed by atoms with van der Waals surface area (Å²) < 4.78 is 5.65. The molecule has 0 radical (unpaired) electrons. The average molecular weight is 270 g/mol. The van der Waals surface area contributed by atoms with Gasteiger partial charge in [0.05, 0.1) is 5.56 Å². The van der Waals surface area contributed by atoms with Gasteiger partial charge in [-0.05, 0) is 25.3 Å². The number of hydrogen-bond donors (Lipinski definition) is 1. The number of rotatable bonds is 2. The molecule has 0 unspecified atom stereocenters. The number of nitrogen functional groups attached to an aromatic ring is 1. The van der Waals surface area contributed by atoms with E-state index < -0.39 is 0 Å². The summed E-state index contributed by atoms with van der Waals surface area (Å²) in [6.45, 7) is 4.37. The minimum atomic E-state index is 0.0725. The number of benzene rings is 1. The van der Waals surface area contributed by atoms with E-state index in [-0.39, 0.29) is 5.41 Å². The number of anilines is 1. The Balaban J connectivity index is 2.07. The van der Waals surface area contributed by atoms with E-state index in [1.807, 2.05) is 0 Å². The molecular weight excluding hydrogens is 248 g/mol. The summed E-state index contributed by atoms with van der Waals surface area (Å²) in [6, 6.07) is 8.42. The number of hydrogen-bond acceptors (Lipinski definition) is 3. The summed E-state index contributed by atoms with van der Waals surface area (Å²) in [5, 5.41) is 4.04. The van der Waals surface area contributed by atoms with Gasteiger partial charge in [-0.2, -0.15) is 0 Å². The molecule has 106 valence electrons. The lowest BCUT2D eigenvalue weighted by molar-refractivity contribution is 0.242. The van der Waals surface area contributed by atoms with Crippen LogP contribution in [0.3, 0.4) is 0 Å². The molecule has 0 amide bonds. The van der Waals surface area contributed by atoms with Gasteiger partial charge in [-0.1, -0.05) is 61.2 Å². The molecule has 1 saturated carbocycles. The second-order valence-electron chi connectivity index (χ2n) is 6.26. The van der Waals surface area contributed by atoms with Crippen molar-refractivity contribution in [2.45, 2.75) is 51.4 Å². The summed E-state index contributed by atoms with van der Waals surface area (Å²) in [4.78, 5) is 0. The van der Waals surface area contributed by atoms with Crippen LogP contribution in [0.1, 0.15) is 50.4 Å². The highest BCUT2D eigenvalue weighted by molar-refractivity contribution is 5.76. The molecule has 1 aromatic heterocycles. The van der Waals surface area contributed by atoms with Crippen LogP contribution in [0.2, 0.25) is 0 Å². The van der Waals surface area contributed by atoms with E-state index in [2.05, 4.69) is 43.3 Å². The van der Waals surface area contributed by atoms with Crippen LogP contribution in [0.4, 0.5) is 5.82 Å². The summed E-state index contributed by atoms with van der Waals surface area (Å²) in [6.07, 6.45) is 6.13. The standard InChI is InChI=1S/C17H22N2O/c1-12-6-8-13(9-7-12)14-15(20-19-16(14)18)17(2)10-4-3-5-11-17/h6-9H,3-5,10-11H2,1-2H3,(H2,18,19). The molecule has 20 heavy (non-hydrogen) atoms. The van der Waals surface area contributed by atoms with E-state index >= 15 is 0 Å². The molecular formula is C17H22N2O. The Labute approximate surface area is 120 Å². The molecule has 3 nitrogen and oxygen atoms in total. The van der Waals surface area contributed by atoms with Gasteiger partial charge in [0.15, 0.2) is 11.6 Å². The minimum absolute atomic E-state index is 0.0725. The predicted molar refractivity (Wildman–Crippen MR) is 81.5 cm³/mol. The average Bonchev–Trinajstić information content (AvgIpc) is 2.83. The normalized spacial score (nSPS) is 18.1. The third-order valence-corrected chi connectivity index (χ3v) is 4.56. The molecule has 0 aliphatic heterocycles.